The maximum atomic E-state index is 5.94. The molecule has 0 aromatic heterocycles. The van der Waals surface area contributed by atoms with E-state index in [4.69, 9.17) is 4.74 Å². The Hall–Kier alpha value is -0.510. The maximum absolute atomic E-state index is 5.94. The van der Waals surface area contributed by atoms with Gasteiger partial charge < -0.3 is 10.1 Å². The average Bonchev–Trinajstić information content (AvgIpc) is 2.87. The van der Waals surface area contributed by atoms with Crippen LogP contribution < -0.4 is 5.32 Å². The van der Waals surface area contributed by atoms with E-state index >= 15 is 0 Å². The Morgan fingerprint density at radius 1 is 1.32 bits per heavy atom. The fourth-order valence-electron chi connectivity index (χ4n) is 2.56. The van der Waals surface area contributed by atoms with Gasteiger partial charge in [0.1, 0.15) is 0 Å². The SMILES string of the molecule is CSc1ccc(C2OCCC2CNCC(C)C)cc1. The number of nitrogens with one attached hydrogen (secondary N) is 1. The van der Waals surface area contributed by atoms with Gasteiger partial charge >= 0.3 is 0 Å². The highest BCUT2D eigenvalue weighted by atomic mass is 32.2. The van der Waals surface area contributed by atoms with Crippen LogP contribution in [0.2, 0.25) is 0 Å². The molecule has 2 nitrogen and oxygen atoms in total. The Bertz CT molecular complexity index is 377. The summed E-state index contributed by atoms with van der Waals surface area (Å²) in [5.74, 6) is 1.32. The van der Waals surface area contributed by atoms with Crippen molar-refractivity contribution in [2.24, 2.45) is 11.8 Å². The largest absolute Gasteiger partial charge is 0.373 e. The Kier molecular flexibility index (Phi) is 5.74. The Labute approximate surface area is 121 Å². The van der Waals surface area contributed by atoms with Crippen molar-refractivity contribution in [1.82, 2.24) is 5.32 Å². The normalized spacial score (nSPS) is 23.2. The molecule has 1 aliphatic rings. The molecule has 0 aliphatic carbocycles. The van der Waals surface area contributed by atoms with Crippen LogP contribution in [0.1, 0.15) is 31.9 Å². The van der Waals surface area contributed by atoms with Crippen molar-refractivity contribution in [3.8, 4) is 0 Å². The smallest absolute Gasteiger partial charge is 0.0866 e. The van der Waals surface area contributed by atoms with Gasteiger partial charge in [0, 0.05) is 24.0 Å². The lowest BCUT2D eigenvalue weighted by atomic mass is 9.95. The van der Waals surface area contributed by atoms with Crippen LogP contribution in [-0.4, -0.2) is 26.0 Å². The number of ether oxygens (including phenoxy) is 1. The van der Waals surface area contributed by atoms with Crippen LogP contribution in [0.3, 0.4) is 0 Å². The third-order valence-electron chi connectivity index (χ3n) is 3.62. The van der Waals surface area contributed by atoms with E-state index in [1.165, 1.54) is 16.9 Å². The molecule has 19 heavy (non-hydrogen) atoms. The van der Waals surface area contributed by atoms with Gasteiger partial charge in [-0.15, -0.1) is 11.8 Å². The number of hydrogen-bond acceptors (Lipinski definition) is 3. The molecule has 106 valence electrons. The Morgan fingerprint density at radius 2 is 2.05 bits per heavy atom. The maximum Gasteiger partial charge on any atom is 0.0866 e. The first-order valence-corrected chi connectivity index (χ1v) is 8.39. The van der Waals surface area contributed by atoms with Crippen LogP contribution in [0.25, 0.3) is 0 Å². The van der Waals surface area contributed by atoms with Crippen LogP contribution in [0.15, 0.2) is 29.2 Å². The van der Waals surface area contributed by atoms with Gasteiger partial charge in [-0.05, 0) is 42.8 Å². The second kappa shape index (κ2) is 7.32. The first kappa shape index (κ1) is 14.9. The van der Waals surface area contributed by atoms with Crippen LogP contribution in [0.5, 0.6) is 0 Å². The van der Waals surface area contributed by atoms with Crippen LogP contribution >= 0.6 is 11.8 Å². The molecule has 2 atom stereocenters. The van der Waals surface area contributed by atoms with Gasteiger partial charge in [0.15, 0.2) is 0 Å². The summed E-state index contributed by atoms with van der Waals surface area (Å²) in [4.78, 5) is 1.32. The first-order valence-electron chi connectivity index (χ1n) is 7.17. The van der Waals surface area contributed by atoms with E-state index in [0.717, 1.165) is 19.7 Å². The zero-order valence-corrected chi connectivity index (χ0v) is 13.0. The van der Waals surface area contributed by atoms with E-state index in [-0.39, 0.29) is 6.10 Å². The molecule has 1 N–H and O–H groups in total. The van der Waals surface area contributed by atoms with E-state index < -0.39 is 0 Å². The molecule has 0 radical (unpaired) electrons. The lowest BCUT2D eigenvalue weighted by Crippen LogP contribution is -2.27. The molecule has 1 aliphatic heterocycles. The second-order valence-corrected chi connectivity index (χ2v) is 6.55. The lowest BCUT2D eigenvalue weighted by Gasteiger charge is -2.20. The van der Waals surface area contributed by atoms with Crippen molar-refractivity contribution in [3.63, 3.8) is 0 Å². The third kappa shape index (κ3) is 4.23. The van der Waals surface area contributed by atoms with Crippen LogP contribution in [0.4, 0.5) is 0 Å². The summed E-state index contributed by atoms with van der Waals surface area (Å²) < 4.78 is 5.94. The minimum atomic E-state index is 0.274. The highest BCUT2D eigenvalue weighted by molar-refractivity contribution is 7.98. The molecule has 0 amide bonds. The van der Waals surface area contributed by atoms with Gasteiger partial charge in [0.05, 0.1) is 6.10 Å². The van der Waals surface area contributed by atoms with E-state index in [1.807, 2.05) is 0 Å². The quantitative estimate of drug-likeness (QED) is 0.802. The lowest BCUT2D eigenvalue weighted by molar-refractivity contribution is 0.0903. The van der Waals surface area contributed by atoms with Crippen molar-refractivity contribution in [2.45, 2.75) is 31.3 Å². The predicted molar refractivity (Wildman–Crippen MR) is 82.7 cm³/mol. The highest BCUT2D eigenvalue weighted by Crippen LogP contribution is 2.34. The number of thioether (sulfide) groups is 1. The van der Waals surface area contributed by atoms with E-state index in [2.05, 4.69) is 49.7 Å². The molecule has 0 spiro atoms. The molecule has 2 rings (SSSR count). The average molecular weight is 279 g/mol. The molecule has 1 aromatic rings. The first-order chi connectivity index (χ1) is 9.20. The molecular weight excluding hydrogens is 254 g/mol. The molecule has 1 aromatic carbocycles. The molecule has 1 heterocycles. The molecule has 3 heteroatoms. The zero-order valence-electron chi connectivity index (χ0n) is 12.2. The molecule has 1 fully saturated rings. The molecule has 2 unspecified atom stereocenters. The molecule has 0 bridgehead atoms. The summed E-state index contributed by atoms with van der Waals surface area (Å²) in [6.45, 7) is 7.54. The third-order valence-corrected chi connectivity index (χ3v) is 4.36. The molecule has 1 saturated heterocycles. The van der Waals surface area contributed by atoms with E-state index in [0.29, 0.717) is 11.8 Å². The van der Waals surface area contributed by atoms with E-state index in [1.54, 1.807) is 11.8 Å². The number of hydrogen-bond donors (Lipinski definition) is 1. The predicted octanol–water partition coefficient (Wildman–Crippen LogP) is 3.73. The summed E-state index contributed by atoms with van der Waals surface area (Å²) in [7, 11) is 0. The Morgan fingerprint density at radius 3 is 2.68 bits per heavy atom. The number of benzene rings is 1. The van der Waals surface area contributed by atoms with Crippen LogP contribution in [0, 0.1) is 11.8 Å². The summed E-state index contributed by atoms with van der Waals surface area (Å²) in [5, 5.41) is 3.56. The van der Waals surface area contributed by atoms with Crippen molar-refractivity contribution in [2.75, 3.05) is 26.0 Å². The van der Waals surface area contributed by atoms with Gasteiger partial charge in [-0.1, -0.05) is 26.0 Å². The topological polar surface area (TPSA) is 21.3 Å². The Balaban J connectivity index is 1.93. The monoisotopic (exact) mass is 279 g/mol. The minimum absolute atomic E-state index is 0.274. The summed E-state index contributed by atoms with van der Waals surface area (Å²) in [5.41, 5.74) is 1.33. The van der Waals surface area contributed by atoms with Crippen LogP contribution in [-0.2, 0) is 4.74 Å². The zero-order chi connectivity index (χ0) is 13.7. The van der Waals surface area contributed by atoms with Crippen molar-refractivity contribution >= 4 is 11.8 Å². The second-order valence-electron chi connectivity index (χ2n) is 5.67. The van der Waals surface area contributed by atoms with Crippen molar-refractivity contribution in [3.05, 3.63) is 29.8 Å². The highest BCUT2D eigenvalue weighted by Gasteiger charge is 2.29. The summed E-state index contributed by atoms with van der Waals surface area (Å²) in [6.07, 6.45) is 3.55. The number of rotatable bonds is 6. The van der Waals surface area contributed by atoms with Gasteiger partial charge in [-0.3, -0.25) is 0 Å². The standard InChI is InChI=1S/C16H25NOS/c1-12(2)10-17-11-14-8-9-18-16(14)13-4-6-15(19-3)7-5-13/h4-7,12,14,16-17H,8-11H2,1-3H3. The fourth-order valence-corrected chi connectivity index (χ4v) is 2.97. The minimum Gasteiger partial charge on any atom is -0.373 e. The van der Waals surface area contributed by atoms with E-state index in [9.17, 15) is 0 Å². The van der Waals surface area contributed by atoms with Gasteiger partial charge in [-0.25, -0.2) is 0 Å². The summed E-state index contributed by atoms with van der Waals surface area (Å²) >= 11 is 1.78. The fraction of sp³-hybridized carbons (Fsp3) is 0.625. The molecule has 0 saturated carbocycles. The van der Waals surface area contributed by atoms with Gasteiger partial charge in [0.25, 0.3) is 0 Å². The molecular formula is C16H25NOS. The van der Waals surface area contributed by atoms with Crippen molar-refractivity contribution in [1.29, 1.82) is 0 Å². The summed E-state index contributed by atoms with van der Waals surface area (Å²) in [6, 6.07) is 8.83. The van der Waals surface area contributed by atoms with Crippen molar-refractivity contribution < 1.29 is 4.74 Å². The van der Waals surface area contributed by atoms with Gasteiger partial charge in [-0.2, -0.15) is 0 Å². The van der Waals surface area contributed by atoms with Gasteiger partial charge in [0.2, 0.25) is 0 Å².